The van der Waals surface area contributed by atoms with Crippen LogP contribution in [0.5, 0.6) is 0 Å². The summed E-state index contributed by atoms with van der Waals surface area (Å²) in [6, 6.07) is 9.46. The van der Waals surface area contributed by atoms with Crippen molar-refractivity contribution in [2.24, 2.45) is 0 Å². The van der Waals surface area contributed by atoms with Crippen LogP contribution in [0.3, 0.4) is 0 Å². The first kappa shape index (κ1) is 12.1. The van der Waals surface area contributed by atoms with Crippen LogP contribution >= 0.6 is 15.9 Å². The van der Waals surface area contributed by atoms with Crippen molar-refractivity contribution in [2.75, 3.05) is 6.61 Å². The van der Waals surface area contributed by atoms with Gasteiger partial charge in [0.1, 0.15) is 0 Å². The zero-order chi connectivity index (χ0) is 11.4. The van der Waals surface area contributed by atoms with Gasteiger partial charge in [0.05, 0.1) is 0 Å². The molecule has 2 atom stereocenters. The molecule has 0 radical (unpaired) electrons. The number of hydrogen-bond donors (Lipinski definition) is 2. The molecule has 3 heteroatoms. The quantitative estimate of drug-likeness (QED) is 0.894. The Morgan fingerprint density at radius 3 is 2.69 bits per heavy atom. The Morgan fingerprint density at radius 1 is 1.25 bits per heavy atom. The highest BCUT2D eigenvalue weighted by molar-refractivity contribution is 9.10. The Labute approximate surface area is 105 Å². The molecule has 1 aliphatic heterocycles. The Bertz CT molecular complexity index is 323. The van der Waals surface area contributed by atoms with Crippen molar-refractivity contribution in [2.45, 2.75) is 37.8 Å². The second-order valence-electron chi connectivity index (χ2n) is 4.41. The van der Waals surface area contributed by atoms with E-state index >= 15 is 0 Å². The lowest BCUT2D eigenvalue weighted by atomic mass is 9.92. The number of hydrogen-bond acceptors (Lipinski definition) is 2. The van der Waals surface area contributed by atoms with Crippen LogP contribution in [-0.2, 0) is 0 Å². The van der Waals surface area contributed by atoms with Crippen molar-refractivity contribution in [1.82, 2.24) is 5.32 Å². The molecule has 1 aromatic rings. The largest absolute Gasteiger partial charge is 0.396 e. The first-order valence-corrected chi connectivity index (χ1v) is 6.71. The van der Waals surface area contributed by atoms with Gasteiger partial charge in [-0.1, -0.05) is 34.5 Å². The van der Waals surface area contributed by atoms with E-state index in [1.165, 1.54) is 24.8 Å². The van der Waals surface area contributed by atoms with E-state index in [9.17, 15) is 0 Å². The number of halogens is 1. The van der Waals surface area contributed by atoms with Gasteiger partial charge in [-0.15, -0.1) is 0 Å². The summed E-state index contributed by atoms with van der Waals surface area (Å²) in [5.41, 5.74) is 1.35. The maximum atomic E-state index is 8.97. The summed E-state index contributed by atoms with van der Waals surface area (Å²) in [4.78, 5) is 0. The normalized spacial score (nSPS) is 25.6. The van der Waals surface area contributed by atoms with Crippen molar-refractivity contribution in [3.05, 3.63) is 34.3 Å². The Hall–Kier alpha value is -0.380. The summed E-state index contributed by atoms with van der Waals surface area (Å²) in [6.07, 6.45) is 4.50. The third-order valence-corrected chi connectivity index (χ3v) is 3.76. The maximum absolute atomic E-state index is 8.97. The summed E-state index contributed by atoms with van der Waals surface area (Å²) in [5, 5.41) is 12.6. The molecule has 16 heavy (non-hydrogen) atoms. The molecular weight excluding hydrogens is 266 g/mol. The Balaban J connectivity index is 2.01. The number of aliphatic hydroxyl groups excluding tert-OH is 1. The molecule has 0 aliphatic carbocycles. The van der Waals surface area contributed by atoms with Crippen molar-refractivity contribution >= 4 is 15.9 Å². The van der Waals surface area contributed by atoms with Gasteiger partial charge in [0.25, 0.3) is 0 Å². The topological polar surface area (TPSA) is 32.3 Å². The minimum Gasteiger partial charge on any atom is -0.396 e. The highest BCUT2D eigenvalue weighted by atomic mass is 79.9. The van der Waals surface area contributed by atoms with Gasteiger partial charge >= 0.3 is 0 Å². The van der Waals surface area contributed by atoms with Gasteiger partial charge in [0, 0.05) is 23.2 Å². The van der Waals surface area contributed by atoms with E-state index in [2.05, 4.69) is 45.5 Å². The molecule has 0 spiro atoms. The predicted molar refractivity (Wildman–Crippen MR) is 69.4 cm³/mol. The fourth-order valence-electron chi connectivity index (χ4n) is 2.36. The van der Waals surface area contributed by atoms with Crippen molar-refractivity contribution in [1.29, 1.82) is 0 Å². The van der Waals surface area contributed by atoms with E-state index < -0.39 is 0 Å². The Kier molecular flexibility index (Phi) is 4.38. The Morgan fingerprint density at radius 2 is 2.00 bits per heavy atom. The van der Waals surface area contributed by atoms with Gasteiger partial charge in [-0.25, -0.2) is 0 Å². The SMILES string of the molecule is OCC[C@@H]1CCCC(c2ccc(Br)cc2)N1. The fraction of sp³-hybridized carbons (Fsp3) is 0.538. The van der Waals surface area contributed by atoms with Crippen molar-refractivity contribution < 1.29 is 5.11 Å². The van der Waals surface area contributed by atoms with E-state index in [1.54, 1.807) is 0 Å². The lowest BCUT2D eigenvalue weighted by molar-refractivity contribution is 0.232. The summed E-state index contributed by atoms with van der Waals surface area (Å²) in [6.45, 7) is 0.282. The number of rotatable bonds is 3. The first-order chi connectivity index (χ1) is 7.79. The minimum absolute atomic E-state index is 0.282. The van der Waals surface area contributed by atoms with Gasteiger partial charge in [-0.05, 0) is 37.0 Å². The summed E-state index contributed by atoms with van der Waals surface area (Å²) < 4.78 is 1.12. The molecule has 1 aliphatic rings. The second-order valence-corrected chi connectivity index (χ2v) is 5.33. The van der Waals surface area contributed by atoms with E-state index in [0.29, 0.717) is 12.1 Å². The predicted octanol–water partition coefficient (Wildman–Crippen LogP) is 3.01. The van der Waals surface area contributed by atoms with Gasteiger partial charge in [-0.2, -0.15) is 0 Å². The van der Waals surface area contributed by atoms with E-state index in [4.69, 9.17) is 5.11 Å². The standard InChI is InChI=1S/C13H18BrNO/c14-11-6-4-10(5-7-11)13-3-1-2-12(15-13)8-9-16/h4-7,12-13,15-16H,1-3,8-9H2/t12-,13?/m0/s1. The number of aliphatic hydroxyl groups is 1. The molecule has 2 rings (SSSR count). The van der Waals surface area contributed by atoms with Gasteiger partial charge < -0.3 is 10.4 Å². The molecule has 0 amide bonds. The molecule has 2 N–H and O–H groups in total. The smallest absolute Gasteiger partial charge is 0.0445 e. The maximum Gasteiger partial charge on any atom is 0.0445 e. The molecule has 1 unspecified atom stereocenters. The molecule has 0 saturated carbocycles. The highest BCUT2D eigenvalue weighted by Gasteiger charge is 2.21. The van der Waals surface area contributed by atoms with Crippen molar-refractivity contribution in [3.8, 4) is 0 Å². The third kappa shape index (κ3) is 3.06. The van der Waals surface area contributed by atoms with Crippen LogP contribution in [0.1, 0.15) is 37.3 Å². The summed E-state index contributed by atoms with van der Waals surface area (Å²) in [7, 11) is 0. The molecule has 0 aromatic heterocycles. The zero-order valence-electron chi connectivity index (χ0n) is 9.32. The third-order valence-electron chi connectivity index (χ3n) is 3.23. The van der Waals surface area contributed by atoms with E-state index in [-0.39, 0.29) is 6.61 Å². The zero-order valence-corrected chi connectivity index (χ0v) is 10.9. The molecular formula is C13H18BrNO. The van der Waals surface area contributed by atoms with Gasteiger partial charge in [-0.3, -0.25) is 0 Å². The number of nitrogens with one attached hydrogen (secondary N) is 1. The number of piperidine rings is 1. The molecule has 1 heterocycles. The first-order valence-electron chi connectivity index (χ1n) is 5.92. The fourth-order valence-corrected chi connectivity index (χ4v) is 2.63. The van der Waals surface area contributed by atoms with Crippen molar-refractivity contribution in [3.63, 3.8) is 0 Å². The molecule has 88 valence electrons. The second kappa shape index (κ2) is 5.80. The van der Waals surface area contributed by atoms with E-state index in [0.717, 1.165) is 10.9 Å². The molecule has 0 bridgehead atoms. The average Bonchev–Trinajstić information content (AvgIpc) is 2.31. The van der Waals surface area contributed by atoms with Crippen LogP contribution in [0.15, 0.2) is 28.7 Å². The van der Waals surface area contributed by atoms with Crippen LogP contribution in [0.4, 0.5) is 0 Å². The summed E-state index contributed by atoms with van der Waals surface area (Å²) >= 11 is 3.45. The summed E-state index contributed by atoms with van der Waals surface area (Å²) in [5.74, 6) is 0. The van der Waals surface area contributed by atoms with Gasteiger partial charge in [0.15, 0.2) is 0 Å². The lowest BCUT2D eigenvalue weighted by Crippen LogP contribution is -2.37. The van der Waals surface area contributed by atoms with Crippen LogP contribution in [0, 0.1) is 0 Å². The monoisotopic (exact) mass is 283 g/mol. The van der Waals surface area contributed by atoms with Crippen LogP contribution in [0.25, 0.3) is 0 Å². The van der Waals surface area contributed by atoms with Crippen LogP contribution in [-0.4, -0.2) is 17.8 Å². The highest BCUT2D eigenvalue weighted by Crippen LogP contribution is 2.27. The number of benzene rings is 1. The van der Waals surface area contributed by atoms with Crippen LogP contribution < -0.4 is 5.32 Å². The molecule has 1 fully saturated rings. The minimum atomic E-state index is 0.282. The van der Waals surface area contributed by atoms with Crippen LogP contribution in [0.2, 0.25) is 0 Å². The average molecular weight is 284 g/mol. The van der Waals surface area contributed by atoms with E-state index in [1.807, 2.05) is 0 Å². The molecule has 2 nitrogen and oxygen atoms in total. The molecule has 1 saturated heterocycles. The molecule has 1 aromatic carbocycles. The lowest BCUT2D eigenvalue weighted by Gasteiger charge is -2.31. The van der Waals surface area contributed by atoms with Gasteiger partial charge in [0.2, 0.25) is 0 Å².